The summed E-state index contributed by atoms with van der Waals surface area (Å²) in [4.78, 5) is 4.27. The van der Waals surface area contributed by atoms with Gasteiger partial charge < -0.3 is 19.8 Å². The van der Waals surface area contributed by atoms with E-state index in [1.54, 1.807) is 14.2 Å². The number of hydrogen-bond donors (Lipinski definition) is 2. The number of rotatable bonds is 5. The van der Waals surface area contributed by atoms with Gasteiger partial charge in [-0.15, -0.1) is 24.0 Å². The second-order valence-electron chi connectivity index (χ2n) is 5.74. The van der Waals surface area contributed by atoms with Crippen molar-refractivity contribution in [1.82, 2.24) is 10.6 Å². The summed E-state index contributed by atoms with van der Waals surface area (Å²) in [5, 5.41) is 7.75. The van der Waals surface area contributed by atoms with Crippen molar-refractivity contribution in [1.29, 1.82) is 0 Å². The van der Waals surface area contributed by atoms with Crippen LogP contribution in [-0.4, -0.2) is 20.1 Å². The van der Waals surface area contributed by atoms with Crippen LogP contribution in [-0.2, 0) is 13.1 Å². The summed E-state index contributed by atoms with van der Waals surface area (Å²) in [6, 6.07) is 16.0. The van der Waals surface area contributed by atoms with Crippen LogP contribution in [0.4, 0.5) is 0 Å². The van der Waals surface area contributed by atoms with Gasteiger partial charge in [0, 0.05) is 30.1 Å². The minimum atomic E-state index is 0. The van der Waals surface area contributed by atoms with Crippen molar-refractivity contribution in [3.8, 4) is 5.75 Å². The Hall–Kier alpha value is -2.22. The lowest BCUT2D eigenvalue weighted by molar-refractivity contribution is 0.409. The van der Waals surface area contributed by atoms with Crippen molar-refractivity contribution in [3.63, 3.8) is 0 Å². The number of ether oxygens (including phenoxy) is 1. The SMILES string of the molecule is CN=C(NCc1ccccc1OC)NCc1oc2ccccc2c1C.I. The standard InChI is InChI=1S/C20H23N3O2.HI/c1-14-16-9-5-7-11-18(16)25-19(14)13-23-20(21-2)22-12-15-8-4-6-10-17(15)24-3;/h4-11H,12-13H2,1-3H3,(H2,21,22,23);1H. The number of furan rings is 1. The number of aryl methyl sites for hydroxylation is 1. The molecule has 6 heteroatoms. The van der Waals surface area contributed by atoms with Gasteiger partial charge in [-0.3, -0.25) is 4.99 Å². The van der Waals surface area contributed by atoms with E-state index in [1.807, 2.05) is 42.5 Å². The number of halogens is 1. The Balaban J connectivity index is 0.00000243. The Morgan fingerprint density at radius 2 is 1.73 bits per heavy atom. The third kappa shape index (κ3) is 4.49. The molecule has 3 rings (SSSR count). The Labute approximate surface area is 170 Å². The predicted molar refractivity (Wildman–Crippen MR) is 116 cm³/mol. The van der Waals surface area contributed by atoms with Gasteiger partial charge in [-0.1, -0.05) is 36.4 Å². The van der Waals surface area contributed by atoms with Gasteiger partial charge >= 0.3 is 0 Å². The average Bonchev–Trinajstić information content (AvgIpc) is 2.98. The van der Waals surface area contributed by atoms with E-state index in [1.165, 1.54) is 0 Å². The van der Waals surface area contributed by atoms with Crippen LogP contribution in [0.25, 0.3) is 11.0 Å². The molecule has 1 heterocycles. The van der Waals surface area contributed by atoms with Gasteiger partial charge in [0.1, 0.15) is 17.1 Å². The number of nitrogens with one attached hydrogen (secondary N) is 2. The summed E-state index contributed by atoms with van der Waals surface area (Å²) in [6.07, 6.45) is 0. The lowest BCUT2D eigenvalue weighted by Gasteiger charge is -2.13. The molecule has 2 N–H and O–H groups in total. The summed E-state index contributed by atoms with van der Waals surface area (Å²) in [5.74, 6) is 2.49. The molecule has 2 aromatic carbocycles. The summed E-state index contributed by atoms with van der Waals surface area (Å²) < 4.78 is 11.3. The second-order valence-corrected chi connectivity index (χ2v) is 5.74. The third-order valence-electron chi connectivity index (χ3n) is 4.22. The normalized spacial score (nSPS) is 11.1. The Bertz CT molecular complexity index is 890. The van der Waals surface area contributed by atoms with Crippen molar-refractivity contribution in [2.75, 3.05) is 14.2 Å². The van der Waals surface area contributed by atoms with Crippen molar-refractivity contribution in [3.05, 3.63) is 65.4 Å². The van der Waals surface area contributed by atoms with Gasteiger partial charge in [0.25, 0.3) is 0 Å². The van der Waals surface area contributed by atoms with Gasteiger partial charge in [0.2, 0.25) is 0 Å². The molecule has 138 valence electrons. The first-order chi connectivity index (χ1) is 12.2. The topological polar surface area (TPSA) is 58.8 Å². The minimum absolute atomic E-state index is 0. The van der Waals surface area contributed by atoms with Crippen molar-refractivity contribution in [2.24, 2.45) is 4.99 Å². The highest BCUT2D eigenvalue weighted by Crippen LogP contribution is 2.24. The first-order valence-electron chi connectivity index (χ1n) is 8.26. The summed E-state index contributed by atoms with van der Waals surface area (Å²) in [7, 11) is 3.43. The predicted octanol–water partition coefficient (Wildman–Crippen LogP) is 4.23. The third-order valence-corrected chi connectivity index (χ3v) is 4.22. The molecule has 0 unspecified atom stereocenters. The zero-order chi connectivity index (χ0) is 17.6. The first-order valence-corrected chi connectivity index (χ1v) is 8.26. The van der Waals surface area contributed by atoms with Crippen molar-refractivity contribution < 1.29 is 9.15 Å². The monoisotopic (exact) mass is 465 g/mol. The number of nitrogens with zero attached hydrogens (tertiary/aromatic N) is 1. The van der Waals surface area contributed by atoms with Crippen LogP contribution in [0.1, 0.15) is 16.9 Å². The van der Waals surface area contributed by atoms with E-state index >= 15 is 0 Å². The van der Waals surface area contributed by atoms with Gasteiger partial charge in [-0.05, 0) is 19.1 Å². The smallest absolute Gasteiger partial charge is 0.191 e. The fraction of sp³-hybridized carbons (Fsp3) is 0.250. The maximum Gasteiger partial charge on any atom is 0.191 e. The van der Waals surface area contributed by atoms with Crippen LogP contribution < -0.4 is 15.4 Å². The molecule has 0 aliphatic heterocycles. The quantitative estimate of drug-likeness (QED) is 0.337. The highest BCUT2D eigenvalue weighted by atomic mass is 127. The number of guanidine groups is 1. The van der Waals surface area contributed by atoms with Crippen molar-refractivity contribution >= 4 is 40.9 Å². The number of aliphatic imine (C=N–C) groups is 1. The Morgan fingerprint density at radius 1 is 1.04 bits per heavy atom. The molecule has 0 aliphatic rings. The molecule has 0 saturated heterocycles. The second kappa shape index (κ2) is 9.47. The maximum atomic E-state index is 5.93. The minimum Gasteiger partial charge on any atom is -0.496 e. The molecule has 3 aromatic rings. The lowest BCUT2D eigenvalue weighted by atomic mass is 10.1. The van der Waals surface area contributed by atoms with Crippen LogP contribution >= 0.6 is 24.0 Å². The molecule has 5 nitrogen and oxygen atoms in total. The van der Waals surface area contributed by atoms with Crippen LogP contribution in [0.2, 0.25) is 0 Å². The summed E-state index contributed by atoms with van der Waals surface area (Å²) in [6.45, 7) is 3.28. The van der Waals surface area contributed by atoms with Gasteiger partial charge in [-0.2, -0.15) is 0 Å². The summed E-state index contributed by atoms with van der Waals surface area (Å²) in [5.41, 5.74) is 3.14. The van der Waals surface area contributed by atoms with Gasteiger partial charge in [0.15, 0.2) is 5.96 Å². The molecule has 0 spiro atoms. The number of fused-ring (bicyclic) bond motifs is 1. The Kier molecular flexibility index (Phi) is 7.32. The zero-order valence-electron chi connectivity index (χ0n) is 15.2. The fourth-order valence-corrected chi connectivity index (χ4v) is 2.81. The van der Waals surface area contributed by atoms with Crippen molar-refractivity contribution in [2.45, 2.75) is 20.0 Å². The number of hydrogen-bond acceptors (Lipinski definition) is 3. The molecule has 1 aromatic heterocycles. The Morgan fingerprint density at radius 3 is 2.46 bits per heavy atom. The first kappa shape index (κ1) is 20.1. The molecule has 26 heavy (non-hydrogen) atoms. The largest absolute Gasteiger partial charge is 0.496 e. The maximum absolute atomic E-state index is 5.93. The summed E-state index contributed by atoms with van der Waals surface area (Å²) >= 11 is 0. The molecule has 0 saturated carbocycles. The molecular formula is C20H24IN3O2. The van der Waals surface area contributed by atoms with Gasteiger partial charge in [0.05, 0.1) is 13.7 Å². The van der Waals surface area contributed by atoms with Crippen LogP contribution in [0.15, 0.2) is 57.9 Å². The fourth-order valence-electron chi connectivity index (χ4n) is 2.81. The van der Waals surface area contributed by atoms with E-state index in [0.29, 0.717) is 19.0 Å². The number of para-hydroxylation sites is 2. The molecular weight excluding hydrogens is 441 g/mol. The highest BCUT2D eigenvalue weighted by Gasteiger charge is 2.10. The van der Waals surface area contributed by atoms with E-state index in [-0.39, 0.29) is 24.0 Å². The number of methoxy groups -OCH3 is 1. The van der Waals surface area contributed by atoms with E-state index < -0.39 is 0 Å². The molecule has 0 fully saturated rings. The number of benzene rings is 2. The van der Waals surface area contributed by atoms with Gasteiger partial charge in [-0.25, -0.2) is 0 Å². The lowest BCUT2D eigenvalue weighted by Crippen LogP contribution is -2.36. The molecule has 0 aliphatic carbocycles. The van der Waals surface area contributed by atoms with E-state index in [2.05, 4.69) is 28.6 Å². The van der Waals surface area contributed by atoms with Crippen LogP contribution in [0, 0.1) is 6.92 Å². The van der Waals surface area contributed by atoms with Crippen LogP contribution in [0.3, 0.4) is 0 Å². The average molecular weight is 465 g/mol. The molecule has 0 radical (unpaired) electrons. The molecule has 0 bridgehead atoms. The molecule has 0 atom stereocenters. The zero-order valence-corrected chi connectivity index (χ0v) is 17.5. The van der Waals surface area contributed by atoms with E-state index in [9.17, 15) is 0 Å². The highest BCUT2D eigenvalue weighted by molar-refractivity contribution is 14.0. The van der Waals surface area contributed by atoms with Crippen LogP contribution in [0.5, 0.6) is 5.75 Å². The van der Waals surface area contributed by atoms with E-state index in [0.717, 1.165) is 33.6 Å². The molecule has 0 amide bonds. The van der Waals surface area contributed by atoms with E-state index in [4.69, 9.17) is 9.15 Å².